The largest absolute Gasteiger partial charge is 0.395 e. The van der Waals surface area contributed by atoms with Crippen molar-refractivity contribution in [1.29, 1.82) is 0 Å². The van der Waals surface area contributed by atoms with E-state index in [1.807, 2.05) is 12.1 Å². The van der Waals surface area contributed by atoms with Gasteiger partial charge in [0.1, 0.15) is 6.33 Å². The van der Waals surface area contributed by atoms with Crippen LogP contribution in [0.15, 0.2) is 43.0 Å². The number of rotatable bonds is 3. The van der Waals surface area contributed by atoms with E-state index in [4.69, 9.17) is 5.11 Å². The summed E-state index contributed by atoms with van der Waals surface area (Å²) in [5, 5.41) is 11.4. The van der Waals surface area contributed by atoms with Gasteiger partial charge in [0.05, 0.1) is 12.2 Å². The van der Waals surface area contributed by atoms with E-state index in [2.05, 4.69) is 27.1 Å². The Kier molecular flexibility index (Phi) is 4.81. The Labute approximate surface area is 116 Å². The van der Waals surface area contributed by atoms with Gasteiger partial charge >= 0.3 is 0 Å². The molecule has 20 heavy (non-hydrogen) atoms. The van der Waals surface area contributed by atoms with E-state index in [-0.39, 0.29) is 12.5 Å². The molecular formula is C15H13N3O2. The van der Waals surface area contributed by atoms with Crippen molar-refractivity contribution in [3.63, 3.8) is 0 Å². The first kappa shape index (κ1) is 13.7. The highest BCUT2D eigenvalue weighted by Gasteiger charge is 2.05. The zero-order valence-electron chi connectivity index (χ0n) is 10.7. The van der Waals surface area contributed by atoms with Crippen LogP contribution >= 0.6 is 0 Å². The van der Waals surface area contributed by atoms with Gasteiger partial charge in [-0.2, -0.15) is 0 Å². The van der Waals surface area contributed by atoms with Crippen molar-refractivity contribution in [1.82, 2.24) is 9.97 Å². The highest BCUT2D eigenvalue weighted by molar-refractivity contribution is 6.03. The van der Waals surface area contributed by atoms with E-state index in [1.54, 1.807) is 12.1 Å². The predicted molar refractivity (Wildman–Crippen MR) is 75.0 cm³/mol. The second-order valence-corrected chi connectivity index (χ2v) is 3.93. The van der Waals surface area contributed by atoms with E-state index in [0.29, 0.717) is 17.7 Å². The fourth-order valence-electron chi connectivity index (χ4n) is 1.48. The highest BCUT2D eigenvalue weighted by Crippen LogP contribution is 2.10. The Bertz CT molecular complexity index is 628. The summed E-state index contributed by atoms with van der Waals surface area (Å²) >= 11 is 0. The van der Waals surface area contributed by atoms with Crippen LogP contribution in [0.4, 0.5) is 5.69 Å². The first-order chi connectivity index (χ1) is 9.79. The van der Waals surface area contributed by atoms with Crippen molar-refractivity contribution < 1.29 is 9.90 Å². The van der Waals surface area contributed by atoms with Crippen LogP contribution in [0.3, 0.4) is 0 Å². The molecule has 1 aromatic carbocycles. The van der Waals surface area contributed by atoms with Gasteiger partial charge in [0.25, 0.3) is 5.91 Å². The number of carbonyl (C=O) groups excluding carboxylic acids is 1. The minimum Gasteiger partial charge on any atom is -0.395 e. The second-order valence-electron chi connectivity index (χ2n) is 3.93. The fourth-order valence-corrected chi connectivity index (χ4v) is 1.48. The summed E-state index contributed by atoms with van der Waals surface area (Å²) in [5.41, 5.74) is 1.91. The molecule has 1 aromatic heterocycles. The minimum absolute atomic E-state index is 0.0558. The standard InChI is InChI=1S/C15H13N3O2/c19-8-2-1-3-12-4-6-14(7-5-12)18-15(20)13-9-16-11-17-10-13/h4-7,9-11,19H,2,8H2,(H,18,20). The molecule has 0 aliphatic heterocycles. The zero-order chi connectivity index (χ0) is 14.2. The monoisotopic (exact) mass is 267 g/mol. The topological polar surface area (TPSA) is 75.1 Å². The van der Waals surface area contributed by atoms with Gasteiger partial charge in [0.15, 0.2) is 0 Å². The smallest absolute Gasteiger partial charge is 0.258 e. The lowest BCUT2D eigenvalue weighted by Gasteiger charge is -2.04. The van der Waals surface area contributed by atoms with Crippen LogP contribution in [0.2, 0.25) is 0 Å². The molecule has 0 atom stereocenters. The summed E-state index contributed by atoms with van der Waals surface area (Å²) in [6.45, 7) is 0.0558. The molecule has 5 heteroatoms. The maximum Gasteiger partial charge on any atom is 0.258 e. The normalized spacial score (nSPS) is 9.45. The molecule has 100 valence electrons. The van der Waals surface area contributed by atoms with Gasteiger partial charge in [0.2, 0.25) is 0 Å². The molecule has 0 fully saturated rings. The van der Waals surface area contributed by atoms with Crippen LogP contribution in [0.1, 0.15) is 22.3 Å². The van der Waals surface area contributed by atoms with Crippen molar-refractivity contribution in [2.24, 2.45) is 0 Å². The summed E-state index contributed by atoms with van der Waals surface area (Å²) in [7, 11) is 0. The third-order valence-corrected chi connectivity index (χ3v) is 2.44. The molecular weight excluding hydrogens is 254 g/mol. The van der Waals surface area contributed by atoms with Gasteiger partial charge in [0, 0.05) is 30.1 Å². The maximum atomic E-state index is 11.9. The lowest BCUT2D eigenvalue weighted by molar-refractivity contribution is 0.102. The van der Waals surface area contributed by atoms with Gasteiger partial charge in [-0.1, -0.05) is 11.8 Å². The molecule has 0 aliphatic carbocycles. The molecule has 0 unspecified atom stereocenters. The molecule has 2 N–H and O–H groups in total. The van der Waals surface area contributed by atoms with E-state index in [0.717, 1.165) is 5.56 Å². The Hall–Kier alpha value is -2.71. The Morgan fingerprint density at radius 1 is 1.20 bits per heavy atom. The maximum absolute atomic E-state index is 11.9. The van der Waals surface area contributed by atoms with Crippen molar-refractivity contribution in [3.05, 3.63) is 54.1 Å². The van der Waals surface area contributed by atoms with Gasteiger partial charge in [-0.25, -0.2) is 9.97 Å². The van der Waals surface area contributed by atoms with Crippen LogP contribution < -0.4 is 5.32 Å². The number of nitrogens with one attached hydrogen (secondary N) is 1. The van der Waals surface area contributed by atoms with E-state index in [9.17, 15) is 4.79 Å². The summed E-state index contributed by atoms with van der Waals surface area (Å²) in [5.74, 6) is 5.49. The molecule has 0 spiro atoms. The summed E-state index contributed by atoms with van der Waals surface area (Å²) in [6.07, 6.45) is 4.73. The van der Waals surface area contributed by atoms with E-state index < -0.39 is 0 Å². The van der Waals surface area contributed by atoms with Crippen LogP contribution in [0.25, 0.3) is 0 Å². The second kappa shape index (κ2) is 7.02. The molecule has 0 saturated heterocycles. The minimum atomic E-state index is -0.260. The molecule has 1 amide bonds. The Balaban J connectivity index is 2.01. The number of nitrogens with zero attached hydrogens (tertiary/aromatic N) is 2. The van der Waals surface area contributed by atoms with Crippen molar-refractivity contribution >= 4 is 11.6 Å². The fraction of sp³-hybridized carbons (Fsp3) is 0.133. The van der Waals surface area contributed by atoms with Gasteiger partial charge < -0.3 is 10.4 Å². The van der Waals surface area contributed by atoms with Crippen LogP contribution in [-0.2, 0) is 0 Å². The molecule has 2 aromatic rings. The van der Waals surface area contributed by atoms with Crippen LogP contribution in [0.5, 0.6) is 0 Å². The lowest BCUT2D eigenvalue weighted by Crippen LogP contribution is -2.12. The molecule has 5 nitrogen and oxygen atoms in total. The third-order valence-electron chi connectivity index (χ3n) is 2.44. The molecule has 0 aliphatic rings. The molecule has 0 bridgehead atoms. The number of amides is 1. The number of aliphatic hydroxyl groups excluding tert-OH is 1. The Morgan fingerprint density at radius 2 is 1.90 bits per heavy atom. The van der Waals surface area contributed by atoms with Crippen molar-refractivity contribution in [2.75, 3.05) is 11.9 Å². The number of hydrogen-bond acceptors (Lipinski definition) is 4. The molecule has 0 saturated carbocycles. The number of aliphatic hydroxyl groups is 1. The van der Waals surface area contributed by atoms with E-state index >= 15 is 0 Å². The third kappa shape index (κ3) is 3.90. The first-order valence-electron chi connectivity index (χ1n) is 6.06. The number of benzene rings is 1. The highest BCUT2D eigenvalue weighted by atomic mass is 16.2. The SMILES string of the molecule is O=C(Nc1ccc(C#CCCO)cc1)c1cncnc1. The molecule has 2 rings (SSSR count). The van der Waals surface area contributed by atoms with Crippen molar-refractivity contribution in [2.45, 2.75) is 6.42 Å². The number of aromatic nitrogens is 2. The van der Waals surface area contributed by atoms with Crippen LogP contribution in [-0.4, -0.2) is 27.6 Å². The molecule has 0 radical (unpaired) electrons. The van der Waals surface area contributed by atoms with Gasteiger partial charge in [-0.05, 0) is 24.3 Å². The van der Waals surface area contributed by atoms with Crippen LogP contribution in [0, 0.1) is 11.8 Å². The lowest BCUT2D eigenvalue weighted by atomic mass is 10.2. The number of anilines is 1. The van der Waals surface area contributed by atoms with Crippen molar-refractivity contribution in [3.8, 4) is 11.8 Å². The van der Waals surface area contributed by atoms with Gasteiger partial charge in [-0.3, -0.25) is 4.79 Å². The summed E-state index contributed by atoms with van der Waals surface area (Å²) < 4.78 is 0. The van der Waals surface area contributed by atoms with Gasteiger partial charge in [-0.15, -0.1) is 0 Å². The predicted octanol–water partition coefficient (Wildman–Crippen LogP) is 1.46. The quantitative estimate of drug-likeness (QED) is 0.826. The first-order valence-corrected chi connectivity index (χ1v) is 6.06. The number of hydrogen-bond donors (Lipinski definition) is 2. The molecule has 1 heterocycles. The Morgan fingerprint density at radius 3 is 2.55 bits per heavy atom. The average molecular weight is 267 g/mol. The number of carbonyl (C=O) groups is 1. The summed E-state index contributed by atoms with van der Waals surface area (Å²) in [4.78, 5) is 19.4. The average Bonchev–Trinajstić information content (AvgIpc) is 2.50. The van der Waals surface area contributed by atoms with E-state index in [1.165, 1.54) is 18.7 Å². The summed E-state index contributed by atoms with van der Waals surface area (Å²) in [6, 6.07) is 7.15. The zero-order valence-corrected chi connectivity index (χ0v) is 10.7.